The van der Waals surface area contributed by atoms with Crippen molar-refractivity contribution in [2.75, 3.05) is 5.33 Å². The molecule has 14 heavy (non-hydrogen) atoms. The molecular weight excluding hydrogens is 250 g/mol. The molecule has 1 unspecified atom stereocenters. The van der Waals surface area contributed by atoms with Crippen molar-refractivity contribution in [1.82, 2.24) is 0 Å². The number of amidine groups is 1. The van der Waals surface area contributed by atoms with Crippen molar-refractivity contribution in [1.29, 1.82) is 0 Å². The zero-order valence-corrected chi connectivity index (χ0v) is 8.60. The highest BCUT2D eigenvalue weighted by molar-refractivity contribution is 9.09. The van der Waals surface area contributed by atoms with Gasteiger partial charge in [-0.1, -0.05) is 15.9 Å². The Kier molecular flexibility index (Phi) is 2.24. The first kappa shape index (κ1) is 9.20. The average Bonchev–Trinajstić information content (AvgIpc) is 2.16. The molecule has 0 aliphatic carbocycles. The topological polar surface area (TPSA) is 92.5 Å². The molecule has 0 bridgehead atoms. The monoisotopic (exact) mass is 255 g/mol. The zero-order valence-electron chi connectivity index (χ0n) is 7.01. The maximum absolute atomic E-state index is 11.3. The summed E-state index contributed by atoms with van der Waals surface area (Å²) in [5.74, 6) is -0.156. The van der Waals surface area contributed by atoms with Crippen LogP contribution in [0.1, 0.15) is 0 Å². The standard InChI is InChI=1S/C7H6BrN5O/c8-1-3-2-10-4-5(11-3)12-7(9)13-6(4)14/h2,4H,1H2,(H2,9,13,14). The summed E-state index contributed by atoms with van der Waals surface area (Å²) in [7, 11) is 0. The third-order valence-electron chi connectivity index (χ3n) is 1.70. The molecule has 0 saturated heterocycles. The first-order valence-corrected chi connectivity index (χ1v) is 4.96. The largest absolute Gasteiger partial charge is 0.368 e. The number of nitrogens with zero attached hydrogens (tertiary/aromatic N) is 4. The molecule has 0 fully saturated rings. The molecule has 1 atom stereocenters. The number of nitrogens with two attached hydrogens (primary N) is 1. The SMILES string of the molecule is NC1=NC(=O)C2N=CC(CBr)=NC2=N1. The van der Waals surface area contributed by atoms with Crippen molar-refractivity contribution in [2.45, 2.75) is 6.04 Å². The summed E-state index contributed by atoms with van der Waals surface area (Å²) in [6.07, 6.45) is 1.54. The number of amides is 1. The van der Waals surface area contributed by atoms with Crippen LogP contribution in [0.5, 0.6) is 0 Å². The number of rotatable bonds is 1. The molecule has 2 heterocycles. The van der Waals surface area contributed by atoms with Crippen LogP contribution in [0.25, 0.3) is 0 Å². The fraction of sp³-hybridized carbons (Fsp3) is 0.286. The van der Waals surface area contributed by atoms with Gasteiger partial charge >= 0.3 is 0 Å². The fourth-order valence-corrected chi connectivity index (χ4v) is 1.38. The van der Waals surface area contributed by atoms with Gasteiger partial charge in [0.15, 0.2) is 11.9 Å². The lowest BCUT2D eigenvalue weighted by molar-refractivity contribution is -0.117. The van der Waals surface area contributed by atoms with E-state index in [9.17, 15) is 4.79 Å². The summed E-state index contributed by atoms with van der Waals surface area (Å²) in [5.41, 5.74) is 6.04. The molecule has 2 aliphatic rings. The molecule has 2 rings (SSSR count). The van der Waals surface area contributed by atoms with Gasteiger partial charge in [0.05, 0.1) is 5.71 Å². The lowest BCUT2D eigenvalue weighted by atomic mass is 10.2. The predicted octanol–water partition coefficient (Wildman–Crippen LogP) is -0.471. The number of carbonyl (C=O) groups excluding carboxylic acids is 1. The molecule has 0 aromatic carbocycles. The molecule has 0 aromatic heterocycles. The average molecular weight is 256 g/mol. The van der Waals surface area contributed by atoms with Gasteiger partial charge < -0.3 is 5.73 Å². The van der Waals surface area contributed by atoms with Crippen LogP contribution in [0.4, 0.5) is 0 Å². The van der Waals surface area contributed by atoms with E-state index in [1.165, 1.54) is 6.21 Å². The quantitative estimate of drug-likeness (QED) is 0.642. The van der Waals surface area contributed by atoms with Crippen LogP contribution in [-0.2, 0) is 4.79 Å². The summed E-state index contributed by atoms with van der Waals surface area (Å²) < 4.78 is 0. The minimum absolute atomic E-state index is 0.0592. The van der Waals surface area contributed by atoms with Crippen molar-refractivity contribution in [3.8, 4) is 0 Å². The van der Waals surface area contributed by atoms with E-state index >= 15 is 0 Å². The number of carbonyl (C=O) groups is 1. The van der Waals surface area contributed by atoms with Crippen LogP contribution in [0, 0.1) is 0 Å². The second-order valence-electron chi connectivity index (χ2n) is 2.70. The van der Waals surface area contributed by atoms with Crippen molar-refractivity contribution in [3.63, 3.8) is 0 Å². The van der Waals surface area contributed by atoms with E-state index in [1.807, 2.05) is 0 Å². The first-order valence-electron chi connectivity index (χ1n) is 3.84. The van der Waals surface area contributed by atoms with Crippen molar-refractivity contribution in [2.24, 2.45) is 25.7 Å². The number of hydrogen-bond acceptors (Lipinski definition) is 5. The van der Waals surface area contributed by atoms with Crippen LogP contribution >= 0.6 is 15.9 Å². The Morgan fingerprint density at radius 2 is 2.21 bits per heavy atom. The van der Waals surface area contributed by atoms with E-state index in [0.29, 0.717) is 16.9 Å². The van der Waals surface area contributed by atoms with Crippen LogP contribution < -0.4 is 5.73 Å². The Bertz CT molecular complexity index is 408. The Morgan fingerprint density at radius 1 is 1.43 bits per heavy atom. The molecule has 6 nitrogen and oxygen atoms in total. The molecule has 0 aromatic rings. The second kappa shape index (κ2) is 3.41. The molecule has 1 amide bonds. The molecule has 2 aliphatic heterocycles. The fourth-order valence-electron chi connectivity index (χ4n) is 1.11. The van der Waals surface area contributed by atoms with Crippen LogP contribution in [0.15, 0.2) is 20.0 Å². The minimum Gasteiger partial charge on any atom is -0.368 e. The summed E-state index contributed by atoms with van der Waals surface area (Å²) in [4.78, 5) is 26.7. The van der Waals surface area contributed by atoms with Gasteiger partial charge in [-0.25, -0.2) is 4.99 Å². The van der Waals surface area contributed by atoms with Crippen LogP contribution in [-0.4, -0.2) is 41.0 Å². The van der Waals surface area contributed by atoms with E-state index < -0.39 is 11.9 Å². The molecule has 0 radical (unpaired) electrons. The van der Waals surface area contributed by atoms with Crippen molar-refractivity contribution in [3.05, 3.63) is 0 Å². The lowest BCUT2D eigenvalue weighted by Crippen LogP contribution is -2.37. The molecule has 2 N–H and O–H groups in total. The summed E-state index contributed by atoms with van der Waals surface area (Å²) >= 11 is 3.23. The van der Waals surface area contributed by atoms with Crippen molar-refractivity contribution >= 4 is 45.6 Å². The van der Waals surface area contributed by atoms with Crippen molar-refractivity contribution < 1.29 is 4.79 Å². The van der Waals surface area contributed by atoms with E-state index in [-0.39, 0.29) is 5.96 Å². The Hall–Kier alpha value is -1.37. The Morgan fingerprint density at radius 3 is 2.93 bits per heavy atom. The lowest BCUT2D eigenvalue weighted by Gasteiger charge is -2.16. The minimum atomic E-state index is -0.704. The maximum atomic E-state index is 11.3. The number of alkyl halides is 1. The Labute approximate surface area is 87.9 Å². The van der Waals surface area contributed by atoms with Gasteiger partial charge in [0.2, 0.25) is 5.96 Å². The highest BCUT2D eigenvalue weighted by Gasteiger charge is 2.29. The number of halogens is 1. The van der Waals surface area contributed by atoms with Gasteiger partial charge in [-0.3, -0.25) is 9.79 Å². The normalized spacial score (nSPS) is 25.1. The second-order valence-corrected chi connectivity index (χ2v) is 3.26. The summed E-state index contributed by atoms with van der Waals surface area (Å²) in [6.45, 7) is 0. The molecule has 7 heteroatoms. The third kappa shape index (κ3) is 1.50. The Balaban J connectivity index is 2.40. The molecule has 0 spiro atoms. The smallest absolute Gasteiger partial charge is 0.281 e. The van der Waals surface area contributed by atoms with Gasteiger partial charge in [0.25, 0.3) is 5.91 Å². The van der Waals surface area contributed by atoms with Gasteiger partial charge in [-0.15, -0.1) is 0 Å². The molecule has 72 valence electrons. The van der Waals surface area contributed by atoms with E-state index in [2.05, 4.69) is 35.9 Å². The van der Waals surface area contributed by atoms with Crippen LogP contribution in [0.3, 0.4) is 0 Å². The number of hydrogen-bond donors (Lipinski definition) is 1. The summed E-state index contributed by atoms with van der Waals surface area (Å²) in [6, 6.07) is -0.704. The van der Waals surface area contributed by atoms with Crippen LogP contribution in [0.2, 0.25) is 0 Å². The predicted molar refractivity (Wildman–Crippen MR) is 57.6 cm³/mol. The number of guanidine groups is 1. The number of fused-ring (bicyclic) bond motifs is 1. The van der Waals surface area contributed by atoms with Gasteiger partial charge in [0.1, 0.15) is 0 Å². The van der Waals surface area contributed by atoms with E-state index in [0.717, 1.165) is 0 Å². The zero-order chi connectivity index (χ0) is 10.1. The highest BCUT2D eigenvalue weighted by atomic mass is 79.9. The maximum Gasteiger partial charge on any atom is 0.281 e. The first-order chi connectivity index (χ1) is 6.70. The number of aliphatic imine (C=N–C) groups is 4. The summed E-state index contributed by atoms with van der Waals surface area (Å²) in [5, 5.41) is 0.563. The van der Waals surface area contributed by atoms with E-state index in [4.69, 9.17) is 5.73 Å². The highest BCUT2D eigenvalue weighted by Crippen LogP contribution is 2.09. The van der Waals surface area contributed by atoms with Gasteiger partial charge in [-0.2, -0.15) is 9.98 Å². The molecular formula is C7H6BrN5O. The molecule has 0 saturated carbocycles. The van der Waals surface area contributed by atoms with Gasteiger partial charge in [0, 0.05) is 11.5 Å². The third-order valence-corrected chi connectivity index (χ3v) is 2.27. The van der Waals surface area contributed by atoms with Gasteiger partial charge in [-0.05, 0) is 0 Å². The van der Waals surface area contributed by atoms with E-state index in [1.54, 1.807) is 0 Å².